The van der Waals surface area contributed by atoms with E-state index in [9.17, 15) is 26.4 Å². The zero-order valence-corrected chi connectivity index (χ0v) is 17.6. The first-order valence-electron chi connectivity index (χ1n) is 9.71. The molecule has 1 saturated heterocycles. The molecule has 1 fully saturated rings. The number of hydrogen-bond acceptors (Lipinski definition) is 4. The second-order valence-electron chi connectivity index (χ2n) is 8.02. The fourth-order valence-corrected chi connectivity index (χ4v) is 5.27. The van der Waals surface area contributed by atoms with Crippen molar-refractivity contribution in [3.8, 4) is 11.3 Å². The fourth-order valence-electron chi connectivity index (χ4n) is 3.54. The summed E-state index contributed by atoms with van der Waals surface area (Å²) >= 11 is 0. The summed E-state index contributed by atoms with van der Waals surface area (Å²) in [4.78, 5) is 14.3. The predicted octanol–water partition coefficient (Wildman–Crippen LogP) is 4.53. The molecule has 1 aliphatic heterocycles. The van der Waals surface area contributed by atoms with Gasteiger partial charge < -0.3 is 9.32 Å². The molecular weight excluding hydrogens is 419 g/mol. The lowest BCUT2D eigenvalue weighted by molar-refractivity contribution is -0.137. The largest absolute Gasteiger partial charge is 0.459 e. The quantitative estimate of drug-likeness (QED) is 0.658. The summed E-state index contributed by atoms with van der Waals surface area (Å²) in [6.07, 6.45) is -3.81. The molecule has 1 amide bonds. The maximum Gasteiger partial charge on any atom is 0.416 e. The second kappa shape index (κ2) is 8.45. The average Bonchev–Trinajstić information content (AvgIpc) is 3.24. The Morgan fingerprint density at radius 3 is 2.57 bits per heavy atom. The van der Waals surface area contributed by atoms with Crippen LogP contribution >= 0.6 is 0 Å². The van der Waals surface area contributed by atoms with Gasteiger partial charge in [-0.3, -0.25) is 4.79 Å². The molecule has 1 aliphatic rings. The van der Waals surface area contributed by atoms with Crippen molar-refractivity contribution >= 4 is 15.7 Å². The van der Waals surface area contributed by atoms with E-state index in [-0.39, 0.29) is 47.6 Å². The molecule has 9 heteroatoms. The van der Waals surface area contributed by atoms with Gasteiger partial charge in [-0.2, -0.15) is 13.2 Å². The first kappa shape index (κ1) is 22.4. The van der Waals surface area contributed by atoms with Gasteiger partial charge >= 0.3 is 6.18 Å². The molecule has 30 heavy (non-hydrogen) atoms. The van der Waals surface area contributed by atoms with E-state index in [0.29, 0.717) is 12.2 Å². The number of sulfone groups is 1. The van der Waals surface area contributed by atoms with Gasteiger partial charge in [0.2, 0.25) is 5.91 Å². The summed E-state index contributed by atoms with van der Waals surface area (Å²) in [5.74, 6) is 0.545. The number of furan rings is 1. The minimum absolute atomic E-state index is 0.0385. The summed E-state index contributed by atoms with van der Waals surface area (Å²) in [5, 5.41) is 0. The lowest BCUT2D eigenvalue weighted by Gasteiger charge is -2.28. The monoisotopic (exact) mass is 443 g/mol. The minimum Gasteiger partial charge on any atom is -0.459 e. The van der Waals surface area contributed by atoms with E-state index in [1.807, 2.05) is 13.8 Å². The third kappa shape index (κ3) is 5.44. The first-order valence-corrected chi connectivity index (χ1v) is 11.5. The third-order valence-corrected chi connectivity index (χ3v) is 6.76. The summed E-state index contributed by atoms with van der Waals surface area (Å²) in [5.41, 5.74) is -0.498. The lowest BCUT2D eigenvalue weighted by atomic mass is 10.1. The maximum atomic E-state index is 13.0. The van der Waals surface area contributed by atoms with Crippen LogP contribution < -0.4 is 0 Å². The van der Waals surface area contributed by atoms with Gasteiger partial charge in [-0.1, -0.05) is 26.0 Å². The summed E-state index contributed by atoms with van der Waals surface area (Å²) in [7, 11) is -3.18. The van der Waals surface area contributed by atoms with Gasteiger partial charge in [0.25, 0.3) is 0 Å². The van der Waals surface area contributed by atoms with Crippen LogP contribution in [0.3, 0.4) is 0 Å². The van der Waals surface area contributed by atoms with Crippen molar-refractivity contribution in [3.05, 3.63) is 47.7 Å². The highest BCUT2D eigenvalue weighted by Gasteiger charge is 2.35. The lowest BCUT2D eigenvalue weighted by Crippen LogP contribution is -2.41. The second-order valence-corrected chi connectivity index (χ2v) is 10.2. The van der Waals surface area contributed by atoms with Gasteiger partial charge in [0.05, 0.1) is 23.6 Å². The SMILES string of the molecule is CC(C)CC(=O)N(Cc1ccc(-c2cccc(C(F)(F)F)c2)o1)[C@@H]1CCS(=O)(=O)C1. The van der Waals surface area contributed by atoms with Crippen molar-refractivity contribution in [2.75, 3.05) is 11.5 Å². The Hall–Kier alpha value is -2.29. The molecule has 0 aliphatic carbocycles. The number of hydrogen-bond donors (Lipinski definition) is 0. The Labute approximate surface area is 173 Å². The zero-order valence-electron chi connectivity index (χ0n) is 16.8. The molecule has 1 aromatic carbocycles. The van der Waals surface area contributed by atoms with Crippen LogP contribution in [-0.4, -0.2) is 36.8 Å². The van der Waals surface area contributed by atoms with Crippen LogP contribution in [0.15, 0.2) is 40.8 Å². The molecule has 2 aromatic rings. The standard InChI is InChI=1S/C21H24F3NO4S/c1-14(2)10-20(26)25(17-8-9-30(27,28)13-17)12-18-6-7-19(29-18)15-4-3-5-16(11-15)21(22,23)24/h3-7,11,14,17H,8-10,12-13H2,1-2H3/t17-/m1/s1. The third-order valence-electron chi connectivity index (χ3n) is 5.01. The molecule has 0 radical (unpaired) electrons. The van der Waals surface area contributed by atoms with E-state index in [1.165, 1.54) is 17.0 Å². The number of benzene rings is 1. The summed E-state index contributed by atoms with van der Waals surface area (Å²) in [6, 6.07) is 7.55. The number of carbonyl (C=O) groups excluding carboxylic acids is 1. The Bertz CT molecular complexity index is 1010. The molecule has 0 unspecified atom stereocenters. The Kier molecular flexibility index (Phi) is 6.31. The first-order chi connectivity index (χ1) is 13.9. The van der Waals surface area contributed by atoms with Crippen molar-refractivity contribution in [1.29, 1.82) is 0 Å². The molecule has 3 rings (SSSR count). The van der Waals surface area contributed by atoms with Crippen molar-refractivity contribution in [2.24, 2.45) is 5.92 Å². The van der Waals surface area contributed by atoms with Crippen LogP contribution in [0.25, 0.3) is 11.3 Å². The molecule has 164 valence electrons. The van der Waals surface area contributed by atoms with Gasteiger partial charge in [-0.25, -0.2) is 8.42 Å². The zero-order chi connectivity index (χ0) is 22.1. The number of rotatable bonds is 6. The van der Waals surface area contributed by atoms with Crippen LogP contribution in [-0.2, 0) is 27.4 Å². The number of nitrogens with zero attached hydrogens (tertiary/aromatic N) is 1. The van der Waals surface area contributed by atoms with Crippen LogP contribution in [0.2, 0.25) is 0 Å². The van der Waals surface area contributed by atoms with E-state index in [1.54, 1.807) is 12.1 Å². The van der Waals surface area contributed by atoms with Crippen molar-refractivity contribution < 1.29 is 30.8 Å². The highest BCUT2D eigenvalue weighted by atomic mass is 32.2. The molecule has 0 spiro atoms. The van der Waals surface area contributed by atoms with Gasteiger partial charge in [0, 0.05) is 18.0 Å². The van der Waals surface area contributed by atoms with E-state index >= 15 is 0 Å². The van der Waals surface area contributed by atoms with Gasteiger partial charge in [0.15, 0.2) is 9.84 Å². The van der Waals surface area contributed by atoms with Crippen molar-refractivity contribution in [2.45, 2.75) is 45.5 Å². The molecule has 0 saturated carbocycles. The highest BCUT2D eigenvalue weighted by Crippen LogP contribution is 2.33. The van der Waals surface area contributed by atoms with Gasteiger partial charge in [-0.05, 0) is 36.6 Å². The molecule has 0 N–H and O–H groups in total. The van der Waals surface area contributed by atoms with Crippen molar-refractivity contribution in [1.82, 2.24) is 4.90 Å². The topological polar surface area (TPSA) is 67.6 Å². The smallest absolute Gasteiger partial charge is 0.416 e. The van der Waals surface area contributed by atoms with Crippen LogP contribution in [0.5, 0.6) is 0 Å². The minimum atomic E-state index is -4.46. The number of halogens is 3. The van der Waals surface area contributed by atoms with Crippen LogP contribution in [0.4, 0.5) is 13.2 Å². The molecule has 0 bridgehead atoms. The maximum absolute atomic E-state index is 13.0. The molecule has 1 atom stereocenters. The Balaban J connectivity index is 1.83. The van der Waals surface area contributed by atoms with Crippen LogP contribution in [0.1, 0.15) is 38.0 Å². The van der Waals surface area contributed by atoms with Gasteiger partial charge in [-0.15, -0.1) is 0 Å². The van der Waals surface area contributed by atoms with Gasteiger partial charge in [0.1, 0.15) is 11.5 Å². The Morgan fingerprint density at radius 2 is 1.97 bits per heavy atom. The fraction of sp³-hybridized carbons (Fsp3) is 0.476. The number of carbonyl (C=O) groups is 1. The van der Waals surface area contributed by atoms with E-state index in [0.717, 1.165) is 12.1 Å². The predicted molar refractivity (Wildman–Crippen MR) is 106 cm³/mol. The van der Waals surface area contributed by atoms with Crippen molar-refractivity contribution in [3.63, 3.8) is 0 Å². The molecule has 2 heterocycles. The number of amides is 1. The normalized spacial score (nSPS) is 18.7. The molecule has 5 nitrogen and oxygen atoms in total. The van der Waals surface area contributed by atoms with Crippen LogP contribution in [0, 0.1) is 5.92 Å². The summed E-state index contributed by atoms with van der Waals surface area (Å²) in [6.45, 7) is 3.88. The average molecular weight is 443 g/mol. The summed E-state index contributed by atoms with van der Waals surface area (Å²) < 4.78 is 68.4. The molecule has 1 aromatic heterocycles. The van der Waals surface area contributed by atoms with E-state index in [4.69, 9.17) is 4.42 Å². The Morgan fingerprint density at radius 1 is 1.23 bits per heavy atom. The van der Waals surface area contributed by atoms with E-state index < -0.39 is 27.6 Å². The number of alkyl halides is 3. The van der Waals surface area contributed by atoms with E-state index in [2.05, 4.69) is 0 Å². The molecular formula is C21H24F3NO4S. The highest BCUT2D eigenvalue weighted by molar-refractivity contribution is 7.91.